The number of hydrogen-bond acceptors (Lipinski definition) is 2. The average molecular weight is 154 g/mol. The molecule has 1 amide bonds. The van der Waals surface area contributed by atoms with Crippen molar-refractivity contribution in [1.82, 2.24) is 10.6 Å². The first kappa shape index (κ1) is 7.10. The number of amides is 1. The molecular formula is C8H14N2O. The van der Waals surface area contributed by atoms with E-state index >= 15 is 0 Å². The number of carbonyl (C=O) groups excluding carboxylic acids is 1. The van der Waals surface area contributed by atoms with Gasteiger partial charge in [-0.25, -0.2) is 0 Å². The Morgan fingerprint density at radius 3 is 3.09 bits per heavy atom. The summed E-state index contributed by atoms with van der Waals surface area (Å²) in [5, 5.41) is 6.09. The smallest absolute Gasteiger partial charge is 0.237 e. The van der Waals surface area contributed by atoms with Gasteiger partial charge in [0.15, 0.2) is 0 Å². The normalized spacial score (nSPS) is 42.3. The third kappa shape index (κ3) is 0.948. The molecule has 0 aromatic heterocycles. The van der Waals surface area contributed by atoms with Crippen molar-refractivity contribution in [1.29, 1.82) is 0 Å². The molecule has 1 saturated heterocycles. The highest BCUT2D eigenvalue weighted by molar-refractivity contribution is 5.85. The van der Waals surface area contributed by atoms with Crippen LogP contribution in [0, 0.1) is 5.92 Å². The number of fused-ring (bicyclic) bond motifs is 1. The Kier molecular flexibility index (Phi) is 1.60. The second-order valence-electron chi connectivity index (χ2n) is 3.48. The Balaban J connectivity index is 2.13. The molecule has 2 aliphatic rings. The van der Waals surface area contributed by atoms with Crippen LogP contribution in [0.2, 0.25) is 0 Å². The molecule has 1 aliphatic heterocycles. The molecule has 3 atom stereocenters. The third-order valence-electron chi connectivity index (χ3n) is 2.92. The third-order valence-corrected chi connectivity index (χ3v) is 2.92. The number of rotatable bonds is 1. The van der Waals surface area contributed by atoms with Crippen LogP contribution in [-0.2, 0) is 4.79 Å². The van der Waals surface area contributed by atoms with E-state index in [1.807, 2.05) is 7.05 Å². The molecule has 3 nitrogen and oxygen atoms in total. The minimum absolute atomic E-state index is 0.0856. The van der Waals surface area contributed by atoms with E-state index in [0.29, 0.717) is 12.0 Å². The van der Waals surface area contributed by atoms with Gasteiger partial charge in [-0.1, -0.05) is 6.42 Å². The molecule has 0 aromatic carbocycles. The van der Waals surface area contributed by atoms with E-state index in [4.69, 9.17) is 0 Å². The van der Waals surface area contributed by atoms with Gasteiger partial charge in [0.2, 0.25) is 5.91 Å². The topological polar surface area (TPSA) is 41.1 Å². The number of carbonyl (C=O) groups is 1. The summed E-state index contributed by atoms with van der Waals surface area (Å²) in [6.45, 7) is 0. The average Bonchev–Trinajstić information content (AvgIpc) is 2.46. The Labute approximate surface area is 66.5 Å². The zero-order chi connectivity index (χ0) is 7.84. The summed E-state index contributed by atoms with van der Waals surface area (Å²) < 4.78 is 0. The number of nitrogens with one attached hydrogen (secondary N) is 2. The molecule has 0 aromatic rings. The largest absolute Gasteiger partial charge is 0.352 e. The molecule has 2 fully saturated rings. The van der Waals surface area contributed by atoms with Gasteiger partial charge in [-0.15, -0.1) is 0 Å². The van der Waals surface area contributed by atoms with Crippen molar-refractivity contribution >= 4 is 5.91 Å². The minimum Gasteiger partial charge on any atom is -0.352 e. The van der Waals surface area contributed by atoms with Crippen LogP contribution in [0.25, 0.3) is 0 Å². The SMILES string of the molecule is CN[C@H]1C(=O)N[C@H]2CCC[C@H]21. The predicted molar refractivity (Wildman–Crippen MR) is 42.1 cm³/mol. The van der Waals surface area contributed by atoms with Gasteiger partial charge in [0.05, 0.1) is 6.04 Å². The van der Waals surface area contributed by atoms with Gasteiger partial charge in [-0.05, 0) is 19.9 Å². The number of hydrogen-bond donors (Lipinski definition) is 2. The molecule has 0 radical (unpaired) electrons. The van der Waals surface area contributed by atoms with Crippen molar-refractivity contribution in [3.05, 3.63) is 0 Å². The van der Waals surface area contributed by atoms with E-state index in [1.165, 1.54) is 19.3 Å². The highest BCUT2D eigenvalue weighted by Gasteiger charge is 2.43. The van der Waals surface area contributed by atoms with Crippen LogP contribution in [0.3, 0.4) is 0 Å². The van der Waals surface area contributed by atoms with Gasteiger partial charge in [0.1, 0.15) is 0 Å². The Bertz CT molecular complexity index is 181. The first-order valence-corrected chi connectivity index (χ1v) is 4.30. The van der Waals surface area contributed by atoms with E-state index in [-0.39, 0.29) is 11.9 Å². The number of likely N-dealkylation sites (N-methyl/N-ethyl adjacent to an activating group) is 1. The van der Waals surface area contributed by atoms with Gasteiger partial charge in [-0.2, -0.15) is 0 Å². The Hall–Kier alpha value is -0.570. The van der Waals surface area contributed by atoms with Crippen molar-refractivity contribution in [2.75, 3.05) is 7.05 Å². The van der Waals surface area contributed by atoms with Crippen LogP contribution in [0.5, 0.6) is 0 Å². The minimum atomic E-state index is 0.0856. The summed E-state index contributed by atoms with van der Waals surface area (Å²) in [7, 11) is 1.87. The maximum absolute atomic E-state index is 11.2. The maximum Gasteiger partial charge on any atom is 0.237 e. The lowest BCUT2D eigenvalue weighted by Gasteiger charge is -2.12. The molecule has 0 unspecified atom stereocenters. The summed E-state index contributed by atoms with van der Waals surface area (Å²) >= 11 is 0. The van der Waals surface area contributed by atoms with Crippen LogP contribution in [0.1, 0.15) is 19.3 Å². The maximum atomic E-state index is 11.2. The van der Waals surface area contributed by atoms with Gasteiger partial charge >= 0.3 is 0 Å². The molecule has 1 saturated carbocycles. The van der Waals surface area contributed by atoms with Crippen LogP contribution >= 0.6 is 0 Å². The zero-order valence-corrected chi connectivity index (χ0v) is 6.76. The quantitative estimate of drug-likeness (QED) is 0.552. The molecule has 62 valence electrons. The van der Waals surface area contributed by atoms with Gasteiger partial charge in [-0.3, -0.25) is 4.79 Å². The van der Waals surface area contributed by atoms with E-state index in [0.717, 1.165) is 0 Å². The molecule has 2 rings (SSSR count). The van der Waals surface area contributed by atoms with Crippen LogP contribution in [0.15, 0.2) is 0 Å². The van der Waals surface area contributed by atoms with Crippen LogP contribution in [0.4, 0.5) is 0 Å². The molecule has 0 spiro atoms. The van der Waals surface area contributed by atoms with E-state index < -0.39 is 0 Å². The van der Waals surface area contributed by atoms with E-state index in [9.17, 15) is 4.79 Å². The first-order chi connectivity index (χ1) is 5.33. The second kappa shape index (κ2) is 2.48. The van der Waals surface area contributed by atoms with Crippen molar-refractivity contribution in [2.45, 2.75) is 31.3 Å². The van der Waals surface area contributed by atoms with Crippen LogP contribution in [-0.4, -0.2) is 25.0 Å². The lowest BCUT2D eigenvalue weighted by molar-refractivity contribution is -0.121. The summed E-state index contributed by atoms with van der Waals surface area (Å²) in [6.07, 6.45) is 3.65. The van der Waals surface area contributed by atoms with Crippen molar-refractivity contribution < 1.29 is 4.79 Å². The Morgan fingerprint density at radius 1 is 1.55 bits per heavy atom. The summed E-state index contributed by atoms with van der Waals surface area (Å²) in [6, 6.07) is 0.558. The molecule has 0 bridgehead atoms. The standard InChI is InChI=1S/C8H14N2O/c1-9-7-5-3-2-4-6(5)10-8(7)11/h5-7,9H,2-4H2,1H3,(H,10,11)/t5-,6+,7-/m1/s1. The zero-order valence-electron chi connectivity index (χ0n) is 6.76. The van der Waals surface area contributed by atoms with E-state index in [1.54, 1.807) is 0 Å². The molecule has 3 heteroatoms. The Morgan fingerprint density at radius 2 is 2.36 bits per heavy atom. The van der Waals surface area contributed by atoms with E-state index in [2.05, 4.69) is 10.6 Å². The van der Waals surface area contributed by atoms with Gasteiger partial charge < -0.3 is 10.6 Å². The summed E-state index contributed by atoms with van der Waals surface area (Å²) in [4.78, 5) is 11.2. The van der Waals surface area contributed by atoms with Crippen molar-refractivity contribution in [3.8, 4) is 0 Å². The lowest BCUT2D eigenvalue weighted by Crippen LogP contribution is -2.37. The van der Waals surface area contributed by atoms with Crippen LogP contribution < -0.4 is 10.6 Å². The second-order valence-corrected chi connectivity index (χ2v) is 3.48. The van der Waals surface area contributed by atoms with Gasteiger partial charge in [0, 0.05) is 12.0 Å². The molecule has 11 heavy (non-hydrogen) atoms. The molecule has 1 aliphatic carbocycles. The first-order valence-electron chi connectivity index (χ1n) is 4.30. The molecule has 1 heterocycles. The van der Waals surface area contributed by atoms with Crippen molar-refractivity contribution in [3.63, 3.8) is 0 Å². The fourth-order valence-electron chi connectivity index (χ4n) is 2.38. The highest BCUT2D eigenvalue weighted by atomic mass is 16.2. The fourth-order valence-corrected chi connectivity index (χ4v) is 2.38. The molecule has 2 N–H and O–H groups in total. The van der Waals surface area contributed by atoms with Crippen molar-refractivity contribution in [2.24, 2.45) is 5.92 Å². The summed E-state index contributed by atoms with van der Waals surface area (Å²) in [5.74, 6) is 0.759. The highest BCUT2D eigenvalue weighted by Crippen LogP contribution is 2.32. The fraction of sp³-hybridized carbons (Fsp3) is 0.875. The van der Waals surface area contributed by atoms with Gasteiger partial charge in [0.25, 0.3) is 0 Å². The molecular weight excluding hydrogens is 140 g/mol. The monoisotopic (exact) mass is 154 g/mol. The predicted octanol–water partition coefficient (Wildman–Crippen LogP) is -0.127. The lowest BCUT2D eigenvalue weighted by atomic mass is 9.99. The summed E-state index contributed by atoms with van der Waals surface area (Å²) in [5.41, 5.74) is 0.